The maximum absolute atomic E-state index is 13.1. The number of nitrogens with zero attached hydrogens (tertiary/aromatic N) is 2. The number of nitro benzene ring substituents is 1. The van der Waals surface area contributed by atoms with Gasteiger partial charge in [0.25, 0.3) is 5.91 Å². The molecule has 104 valence electrons. The van der Waals surface area contributed by atoms with Gasteiger partial charge in [0.1, 0.15) is 0 Å². The quantitative estimate of drug-likeness (QED) is 0.665. The molecule has 1 N–H and O–H groups in total. The van der Waals surface area contributed by atoms with Crippen molar-refractivity contribution in [3.8, 4) is 0 Å². The average molecular weight is 270 g/mol. The molecule has 1 aromatic carbocycles. The van der Waals surface area contributed by atoms with Crippen molar-refractivity contribution in [3.63, 3.8) is 0 Å². The van der Waals surface area contributed by atoms with Crippen LogP contribution in [0.25, 0.3) is 0 Å². The molecule has 0 saturated carbocycles. The van der Waals surface area contributed by atoms with Gasteiger partial charge in [-0.2, -0.15) is 4.39 Å². The first kappa shape index (κ1) is 15.0. The molecule has 0 aliphatic rings. The SMILES string of the molecule is CN(CC(C)(C)O)C(=O)c1ccc(F)c([N+](=O)[O-])c1. The topological polar surface area (TPSA) is 83.7 Å². The van der Waals surface area contributed by atoms with Gasteiger partial charge in [-0.1, -0.05) is 0 Å². The van der Waals surface area contributed by atoms with E-state index in [0.29, 0.717) is 0 Å². The Bertz CT molecular complexity index is 511. The molecule has 1 amide bonds. The van der Waals surface area contributed by atoms with Crippen LogP contribution in [0.2, 0.25) is 0 Å². The molecule has 0 aromatic heterocycles. The van der Waals surface area contributed by atoms with Crippen molar-refractivity contribution in [3.05, 3.63) is 39.7 Å². The van der Waals surface area contributed by atoms with E-state index in [2.05, 4.69) is 0 Å². The zero-order chi connectivity index (χ0) is 14.8. The van der Waals surface area contributed by atoms with Gasteiger partial charge in [0.05, 0.1) is 10.5 Å². The molecule has 6 nitrogen and oxygen atoms in total. The zero-order valence-corrected chi connectivity index (χ0v) is 10.9. The Labute approximate surface area is 109 Å². The molecule has 19 heavy (non-hydrogen) atoms. The molecule has 7 heteroatoms. The van der Waals surface area contributed by atoms with E-state index in [1.165, 1.54) is 31.9 Å². The molecule has 1 aromatic rings. The van der Waals surface area contributed by atoms with Gasteiger partial charge < -0.3 is 10.0 Å². The highest BCUT2D eigenvalue weighted by atomic mass is 19.1. The van der Waals surface area contributed by atoms with Gasteiger partial charge in [-0.15, -0.1) is 0 Å². The first-order chi connectivity index (χ1) is 8.61. The van der Waals surface area contributed by atoms with Gasteiger partial charge in [-0.05, 0) is 26.0 Å². The predicted molar refractivity (Wildman–Crippen MR) is 66.3 cm³/mol. The van der Waals surface area contributed by atoms with E-state index in [0.717, 1.165) is 12.1 Å². The monoisotopic (exact) mass is 270 g/mol. The number of aliphatic hydroxyl groups is 1. The number of rotatable bonds is 4. The van der Waals surface area contributed by atoms with Crippen molar-refractivity contribution in [1.29, 1.82) is 0 Å². The van der Waals surface area contributed by atoms with Gasteiger partial charge in [0, 0.05) is 25.2 Å². The third-order valence-electron chi connectivity index (χ3n) is 2.36. The van der Waals surface area contributed by atoms with E-state index < -0.39 is 27.9 Å². The normalized spacial score (nSPS) is 11.2. The summed E-state index contributed by atoms with van der Waals surface area (Å²) in [5.74, 6) is -1.52. The number of likely N-dealkylation sites (N-methyl/N-ethyl adjacent to an activating group) is 1. The van der Waals surface area contributed by atoms with Crippen LogP contribution in [0.5, 0.6) is 0 Å². The van der Waals surface area contributed by atoms with Gasteiger partial charge in [0.2, 0.25) is 5.82 Å². The first-order valence-electron chi connectivity index (χ1n) is 5.53. The van der Waals surface area contributed by atoms with Crippen LogP contribution in [0.3, 0.4) is 0 Å². The second-order valence-corrected chi connectivity index (χ2v) is 4.90. The van der Waals surface area contributed by atoms with Gasteiger partial charge in [-0.25, -0.2) is 0 Å². The van der Waals surface area contributed by atoms with Crippen LogP contribution < -0.4 is 0 Å². The summed E-state index contributed by atoms with van der Waals surface area (Å²) in [6.45, 7) is 3.12. The number of benzene rings is 1. The Balaban J connectivity index is 3.01. The first-order valence-corrected chi connectivity index (χ1v) is 5.53. The second kappa shape index (κ2) is 5.31. The molecule has 1 rings (SSSR count). The molecule has 0 fully saturated rings. The fourth-order valence-electron chi connectivity index (χ4n) is 1.66. The van der Waals surface area contributed by atoms with Crippen molar-refractivity contribution in [2.75, 3.05) is 13.6 Å². The van der Waals surface area contributed by atoms with Crippen molar-refractivity contribution in [2.24, 2.45) is 0 Å². The lowest BCUT2D eigenvalue weighted by atomic mass is 10.1. The Morgan fingerprint density at radius 2 is 2.11 bits per heavy atom. The predicted octanol–water partition coefficient (Wildman–Crippen LogP) is 1.58. The summed E-state index contributed by atoms with van der Waals surface area (Å²) in [7, 11) is 1.45. The molecule has 0 heterocycles. The minimum Gasteiger partial charge on any atom is -0.389 e. The van der Waals surface area contributed by atoms with E-state index in [4.69, 9.17) is 0 Å². The lowest BCUT2D eigenvalue weighted by Crippen LogP contribution is -2.39. The lowest BCUT2D eigenvalue weighted by Gasteiger charge is -2.25. The maximum Gasteiger partial charge on any atom is 0.305 e. The lowest BCUT2D eigenvalue weighted by molar-refractivity contribution is -0.387. The number of hydrogen-bond acceptors (Lipinski definition) is 4. The third-order valence-corrected chi connectivity index (χ3v) is 2.36. The Morgan fingerprint density at radius 3 is 2.58 bits per heavy atom. The van der Waals surface area contributed by atoms with Crippen LogP contribution in [0, 0.1) is 15.9 Å². The zero-order valence-electron chi connectivity index (χ0n) is 10.9. The number of carbonyl (C=O) groups excluding carboxylic acids is 1. The molecule has 0 bridgehead atoms. The van der Waals surface area contributed by atoms with Crippen LogP contribution in [-0.2, 0) is 0 Å². The van der Waals surface area contributed by atoms with Crippen LogP contribution in [0.4, 0.5) is 10.1 Å². The largest absolute Gasteiger partial charge is 0.389 e. The molecule has 0 radical (unpaired) electrons. The minimum absolute atomic E-state index is 0.000139. The molecule has 0 unspecified atom stereocenters. The van der Waals surface area contributed by atoms with Crippen LogP contribution in [0.15, 0.2) is 18.2 Å². The molecular formula is C12H15FN2O4. The summed E-state index contributed by atoms with van der Waals surface area (Å²) in [6.07, 6.45) is 0. The fraction of sp³-hybridized carbons (Fsp3) is 0.417. The Kier molecular flexibility index (Phi) is 4.21. The van der Waals surface area contributed by atoms with Gasteiger partial charge in [0.15, 0.2) is 0 Å². The summed E-state index contributed by atoms with van der Waals surface area (Å²) in [6, 6.07) is 2.94. The Morgan fingerprint density at radius 1 is 1.53 bits per heavy atom. The minimum atomic E-state index is -1.09. The van der Waals surface area contributed by atoms with Crippen molar-refractivity contribution < 1.29 is 19.2 Å². The molecule has 0 atom stereocenters. The highest BCUT2D eigenvalue weighted by molar-refractivity contribution is 5.94. The van der Waals surface area contributed by atoms with Crippen LogP contribution in [-0.4, -0.2) is 40.0 Å². The molecular weight excluding hydrogens is 255 g/mol. The molecule has 0 aliphatic carbocycles. The van der Waals surface area contributed by atoms with Crippen molar-refractivity contribution in [2.45, 2.75) is 19.4 Å². The van der Waals surface area contributed by atoms with Crippen LogP contribution >= 0.6 is 0 Å². The Hall–Kier alpha value is -2.02. The summed E-state index contributed by atoms with van der Waals surface area (Å²) in [5.41, 5.74) is -1.83. The van der Waals surface area contributed by atoms with Crippen molar-refractivity contribution >= 4 is 11.6 Å². The molecule has 0 spiro atoms. The number of halogens is 1. The third kappa shape index (κ3) is 3.99. The molecule has 0 aliphatic heterocycles. The summed E-state index contributed by atoms with van der Waals surface area (Å²) >= 11 is 0. The van der Waals surface area contributed by atoms with Gasteiger partial charge in [-0.3, -0.25) is 14.9 Å². The van der Waals surface area contributed by atoms with E-state index in [1.54, 1.807) is 0 Å². The van der Waals surface area contributed by atoms with E-state index in [1.807, 2.05) is 0 Å². The average Bonchev–Trinajstić information content (AvgIpc) is 2.26. The van der Waals surface area contributed by atoms with Crippen LogP contribution in [0.1, 0.15) is 24.2 Å². The highest BCUT2D eigenvalue weighted by Gasteiger charge is 2.23. The second-order valence-electron chi connectivity index (χ2n) is 4.90. The fourth-order valence-corrected chi connectivity index (χ4v) is 1.66. The standard InChI is InChI=1S/C12H15FN2O4/c1-12(2,17)7-14(3)11(16)8-4-5-9(13)10(6-8)15(18)19/h4-6,17H,7H2,1-3H3. The summed E-state index contributed by atoms with van der Waals surface area (Å²) < 4.78 is 13.1. The number of nitro groups is 1. The maximum atomic E-state index is 13.1. The summed E-state index contributed by atoms with van der Waals surface area (Å²) in [5, 5.41) is 20.2. The van der Waals surface area contributed by atoms with Crippen molar-refractivity contribution in [1.82, 2.24) is 4.90 Å². The number of carbonyl (C=O) groups is 1. The van der Waals surface area contributed by atoms with E-state index >= 15 is 0 Å². The van der Waals surface area contributed by atoms with Gasteiger partial charge >= 0.3 is 5.69 Å². The van der Waals surface area contributed by atoms with E-state index in [-0.39, 0.29) is 12.1 Å². The van der Waals surface area contributed by atoms with E-state index in [9.17, 15) is 24.4 Å². The number of hydrogen-bond donors (Lipinski definition) is 1. The highest BCUT2D eigenvalue weighted by Crippen LogP contribution is 2.19. The smallest absolute Gasteiger partial charge is 0.305 e. The summed E-state index contributed by atoms with van der Waals surface area (Å²) in [4.78, 5) is 22.9. The molecule has 0 saturated heterocycles. The number of amides is 1.